The van der Waals surface area contributed by atoms with Crippen molar-refractivity contribution in [1.82, 2.24) is 15.5 Å². The monoisotopic (exact) mass is 299 g/mol. The van der Waals surface area contributed by atoms with E-state index in [-0.39, 0.29) is 0 Å². The van der Waals surface area contributed by atoms with E-state index in [1.807, 2.05) is 18.2 Å². The molecule has 2 heterocycles. The van der Waals surface area contributed by atoms with Crippen LogP contribution < -0.4 is 5.32 Å². The SMILES string of the molecule is Cc1ccc(CNCc2nc(Cc3ccccc3)no2)s1. The number of benzene rings is 1. The van der Waals surface area contributed by atoms with Gasteiger partial charge in [0, 0.05) is 22.7 Å². The predicted molar refractivity (Wildman–Crippen MR) is 83.1 cm³/mol. The molecule has 0 amide bonds. The van der Waals surface area contributed by atoms with Gasteiger partial charge in [0.2, 0.25) is 5.89 Å². The molecular formula is C16H17N3OS. The third kappa shape index (κ3) is 4.00. The summed E-state index contributed by atoms with van der Waals surface area (Å²) in [6.45, 7) is 3.54. The molecule has 1 aromatic carbocycles. The zero-order chi connectivity index (χ0) is 14.5. The van der Waals surface area contributed by atoms with Crippen LogP contribution >= 0.6 is 11.3 Å². The van der Waals surface area contributed by atoms with E-state index in [1.165, 1.54) is 15.3 Å². The van der Waals surface area contributed by atoms with E-state index < -0.39 is 0 Å². The molecule has 0 radical (unpaired) electrons. The molecule has 5 heteroatoms. The van der Waals surface area contributed by atoms with Gasteiger partial charge in [-0.1, -0.05) is 35.5 Å². The number of aromatic nitrogens is 2. The third-order valence-corrected chi connectivity index (χ3v) is 4.09. The molecule has 2 aromatic heterocycles. The van der Waals surface area contributed by atoms with Gasteiger partial charge in [0.05, 0.1) is 6.54 Å². The maximum atomic E-state index is 5.26. The van der Waals surface area contributed by atoms with Gasteiger partial charge in [-0.15, -0.1) is 11.3 Å². The molecular weight excluding hydrogens is 282 g/mol. The normalized spacial score (nSPS) is 10.9. The fraction of sp³-hybridized carbons (Fsp3) is 0.250. The van der Waals surface area contributed by atoms with Crippen molar-refractivity contribution in [2.75, 3.05) is 0 Å². The standard InChI is InChI=1S/C16H17N3OS/c1-12-7-8-14(21-12)10-17-11-16-18-15(19-20-16)9-13-5-3-2-4-6-13/h2-8,17H,9-11H2,1H3. The summed E-state index contributed by atoms with van der Waals surface area (Å²) in [4.78, 5) is 7.05. The average Bonchev–Trinajstić information content (AvgIpc) is 3.10. The molecule has 0 saturated carbocycles. The number of nitrogens with zero attached hydrogens (tertiary/aromatic N) is 2. The molecule has 3 rings (SSSR count). The quantitative estimate of drug-likeness (QED) is 0.758. The average molecular weight is 299 g/mol. The van der Waals surface area contributed by atoms with Gasteiger partial charge < -0.3 is 9.84 Å². The molecule has 0 saturated heterocycles. The molecule has 0 aliphatic heterocycles. The Morgan fingerprint density at radius 2 is 1.95 bits per heavy atom. The lowest BCUT2D eigenvalue weighted by atomic mass is 10.1. The molecule has 4 nitrogen and oxygen atoms in total. The lowest BCUT2D eigenvalue weighted by molar-refractivity contribution is 0.363. The number of nitrogens with one attached hydrogen (secondary N) is 1. The highest BCUT2D eigenvalue weighted by atomic mass is 32.1. The lowest BCUT2D eigenvalue weighted by Crippen LogP contribution is -2.12. The van der Waals surface area contributed by atoms with Gasteiger partial charge in [-0.3, -0.25) is 0 Å². The van der Waals surface area contributed by atoms with Crippen molar-refractivity contribution in [2.45, 2.75) is 26.4 Å². The highest BCUT2D eigenvalue weighted by Gasteiger charge is 2.07. The van der Waals surface area contributed by atoms with Crippen molar-refractivity contribution in [2.24, 2.45) is 0 Å². The number of hydrogen-bond donors (Lipinski definition) is 1. The van der Waals surface area contributed by atoms with Crippen LogP contribution in [0, 0.1) is 6.92 Å². The number of hydrogen-bond acceptors (Lipinski definition) is 5. The van der Waals surface area contributed by atoms with Crippen LogP contribution in [0.5, 0.6) is 0 Å². The van der Waals surface area contributed by atoms with Crippen LogP contribution in [0.25, 0.3) is 0 Å². The van der Waals surface area contributed by atoms with Crippen LogP contribution in [0.1, 0.15) is 27.0 Å². The number of rotatable bonds is 6. The predicted octanol–water partition coefficient (Wildman–Crippen LogP) is 3.32. The van der Waals surface area contributed by atoms with Crippen LogP contribution in [0.15, 0.2) is 47.0 Å². The molecule has 0 aliphatic rings. The summed E-state index contributed by atoms with van der Waals surface area (Å²) < 4.78 is 5.26. The first kappa shape index (κ1) is 14.0. The van der Waals surface area contributed by atoms with Crippen molar-refractivity contribution < 1.29 is 4.52 Å². The summed E-state index contributed by atoms with van der Waals surface area (Å²) >= 11 is 1.80. The number of thiophene rings is 1. The Morgan fingerprint density at radius 1 is 1.10 bits per heavy atom. The Labute approximate surface area is 127 Å². The summed E-state index contributed by atoms with van der Waals surface area (Å²) in [6.07, 6.45) is 0.703. The molecule has 0 atom stereocenters. The van der Waals surface area contributed by atoms with Crippen LogP contribution in [0.4, 0.5) is 0 Å². The Kier molecular flexibility index (Phi) is 4.43. The summed E-state index contributed by atoms with van der Waals surface area (Å²) in [7, 11) is 0. The first-order chi connectivity index (χ1) is 10.3. The molecule has 0 fully saturated rings. The van der Waals surface area contributed by atoms with Gasteiger partial charge in [-0.25, -0.2) is 0 Å². The van der Waals surface area contributed by atoms with Crippen molar-refractivity contribution in [3.63, 3.8) is 0 Å². The van der Waals surface area contributed by atoms with Crippen LogP contribution in [-0.4, -0.2) is 10.1 Å². The second kappa shape index (κ2) is 6.65. The van der Waals surface area contributed by atoms with Crippen molar-refractivity contribution in [1.29, 1.82) is 0 Å². The van der Waals surface area contributed by atoms with Crippen LogP contribution in [0.2, 0.25) is 0 Å². The maximum Gasteiger partial charge on any atom is 0.240 e. The molecule has 21 heavy (non-hydrogen) atoms. The molecule has 1 N–H and O–H groups in total. The van der Waals surface area contributed by atoms with E-state index in [9.17, 15) is 0 Å². The van der Waals surface area contributed by atoms with Crippen molar-refractivity contribution in [3.8, 4) is 0 Å². The zero-order valence-corrected chi connectivity index (χ0v) is 12.7. The van der Waals surface area contributed by atoms with Gasteiger partial charge in [0.1, 0.15) is 0 Å². The highest BCUT2D eigenvalue weighted by Crippen LogP contribution is 2.14. The Hall–Kier alpha value is -1.98. The Balaban J connectivity index is 1.51. The van der Waals surface area contributed by atoms with E-state index in [2.05, 4.69) is 46.6 Å². The molecule has 0 spiro atoms. The largest absolute Gasteiger partial charge is 0.338 e. The van der Waals surface area contributed by atoms with Gasteiger partial charge in [-0.05, 0) is 24.6 Å². The first-order valence-corrected chi connectivity index (χ1v) is 7.72. The van der Waals surface area contributed by atoms with Crippen LogP contribution in [0.3, 0.4) is 0 Å². The van der Waals surface area contributed by atoms with Crippen molar-refractivity contribution in [3.05, 3.63) is 69.5 Å². The fourth-order valence-electron chi connectivity index (χ4n) is 2.08. The topological polar surface area (TPSA) is 51.0 Å². The summed E-state index contributed by atoms with van der Waals surface area (Å²) in [5.41, 5.74) is 1.19. The minimum absolute atomic E-state index is 0.596. The van der Waals surface area contributed by atoms with Crippen molar-refractivity contribution >= 4 is 11.3 Å². The molecule has 3 aromatic rings. The van der Waals surface area contributed by atoms with Crippen LogP contribution in [-0.2, 0) is 19.5 Å². The summed E-state index contributed by atoms with van der Waals surface area (Å²) in [6, 6.07) is 14.4. The molecule has 0 unspecified atom stereocenters. The minimum atomic E-state index is 0.596. The van der Waals surface area contributed by atoms with E-state index in [0.29, 0.717) is 18.9 Å². The van der Waals surface area contributed by atoms with Gasteiger partial charge >= 0.3 is 0 Å². The van der Waals surface area contributed by atoms with E-state index in [0.717, 1.165) is 12.4 Å². The zero-order valence-electron chi connectivity index (χ0n) is 11.9. The smallest absolute Gasteiger partial charge is 0.240 e. The summed E-state index contributed by atoms with van der Waals surface area (Å²) in [5.74, 6) is 1.36. The lowest BCUT2D eigenvalue weighted by Gasteiger charge is -1.98. The maximum absolute atomic E-state index is 5.26. The fourth-order valence-corrected chi connectivity index (χ4v) is 2.94. The first-order valence-electron chi connectivity index (χ1n) is 6.91. The van der Waals surface area contributed by atoms with E-state index in [1.54, 1.807) is 11.3 Å². The van der Waals surface area contributed by atoms with Gasteiger partial charge in [0.25, 0.3) is 0 Å². The molecule has 108 valence electrons. The second-order valence-electron chi connectivity index (χ2n) is 4.88. The third-order valence-electron chi connectivity index (χ3n) is 3.09. The molecule has 0 bridgehead atoms. The number of aryl methyl sites for hydroxylation is 1. The molecule has 0 aliphatic carbocycles. The van der Waals surface area contributed by atoms with Gasteiger partial charge in [-0.2, -0.15) is 4.98 Å². The highest BCUT2D eigenvalue weighted by molar-refractivity contribution is 7.11. The van der Waals surface area contributed by atoms with Gasteiger partial charge in [0.15, 0.2) is 5.82 Å². The summed E-state index contributed by atoms with van der Waals surface area (Å²) in [5, 5.41) is 7.34. The Bertz CT molecular complexity index is 690. The second-order valence-corrected chi connectivity index (χ2v) is 6.26. The Morgan fingerprint density at radius 3 is 2.71 bits per heavy atom. The van der Waals surface area contributed by atoms with E-state index in [4.69, 9.17) is 4.52 Å². The minimum Gasteiger partial charge on any atom is -0.338 e. The van der Waals surface area contributed by atoms with E-state index >= 15 is 0 Å².